The molecule has 1 unspecified atom stereocenters. The molecule has 1 aromatic carbocycles. The highest BCUT2D eigenvalue weighted by Gasteiger charge is 2.08. The molecule has 19 heavy (non-hydrogen) atoms. The second-order valence-corrected chi connectivity index (χ2v) is 5.52. The Morgan fingerprint density at radius 3 is 2.74 bits per heavy atom. The average molecular weight is 276 g/mol. The normalized spacial score (nSPS) is 12.3. The molecule has 0 radical (unpaired) electrons. The van der Waals surface area contributed by atoms with E-state index in [4.69, 9.17) is 10.5 Å². The Bertz CT molecular complexity index is 467. The number of hydrogen-bond acceptors (Lipinski definition) is 4. The Morgan fingerprint density at radius 1 is 1.32 bits per heavy atom. The van der Waals surface area contributed by atoms with E-state index in [1.54, 1.807) is 11.3 Å². The standard InChI is InChI=1S/C15H20N2OS/c1-2-3-8-18-13-6-4-12(5-7-13)15(16)9-14-10-17-11-19-14/h4-7,10-11,15H,2-3,8-9,16H2,1H3. The summed E-state index contributed by atoms with van der Waals surface area (Å²) in [6.07, 6.45) is 4.96. The number of unbranched alkanes of at least 4 members (excludes halogenated alkanes) is 1. The summed E-state index contributed by atoms with van der Waals surface area (Å²) >= 11 is 1.65. The highest BCUT2D eigenvalue weighted by molar-refractivity contribution is 7.09. The van der Waals surface area contributed by atoms with E-state index in [0.717, 1.165) is 37.2 Å². The maximum atomic E-state index is 6.20. The Balaban J connectivity index is 1.90. The van der Waals surface area contributed by atoms with Gasteiger partial charge in [0.1, 0.15) is 5.75 Å². The lowest BCUT2D eigenvalue weighted by molar-refractivity contribution is 0.309. The highest BCUT2D eigenvalue weighted by atomic mass is 32.1. The largest absolute Gasteiger partial charge is 0.494 e. The lowest BCUT2D eigenvalue weighted by Gasteiger charge is -2.12. The Hall–Kier alpha value is -1.39. The molecule has 2 N–H and O–H groups in total. The van der Waals surface area contributed by atoms with Gasteiger partial charge in [0.25, 0.3) is 0 Å². The van der Waals surface area contributed by atoms with Gasteiger partial charge in [0.05, 0.1) is 12.1 Å². The van der Waals surface area contributed by atoms with Gasteiger partial charge >= 0.3 is 0 Å². The van der Waals surface area contributed by atoms with Gasteiger partial charge in [-0.15, -0.1) is 11.3 Å². The first-order valence-corrected chi connectivity index (χ1v) is 7.53. The van der Waals surface area contributed by atoms with Crippen molar-refractivity contribution < 1.29 is 4.74 Å². The summed E-state index contributed by atoms with van der Waals surface area (Å²) in [4.78, 5) is 5.29. The maximum absolute atomic E-state index is 6.20. The van der Waals surface area contributed by atoms with Crippen molar-refractivity contribution in [2.45, 2.75) is 32.2 Å². The fraction of sp³-hybridized carbons (Fsp3) is 0.400. The molecule has 1 aromatic heterocycles. The third-order valence-electron chi connectivity index (χ3n) is 2.98. The number of hydrogen-bond donors (Lipinski definition) is 1. The quantitative estimate of drug-likeness (QED) is 0.787. The van der Waals surface area contributed by atoms with E-state index in [1.807, 2.05) is 36.0 Å². The van der Waals surface area contributed by atoms with Crippen LogP contribution in [-0.2, 0) is 6.42 Å². The fourth-order valence-electron chi connectivity index (χ4n) is 1.82. The molecule has 0 fully saturated rings. The number of nitrogens with zero attached hydrogens (tertiary/aromatic N) is 1. The lowest BCUT2D eigenvalue weighted by Crippen LogP contribution is -2.12. The summed E-state index contributed by atoms with van der Waals surface area (Å²) in [5.41, 5.74) is 9.17. The molecule has 2 rings (SSSR count). The van der Waals surface area contributed by atoms with Crippen LogP contribution in [0.5, 0.6) is 5.75 Å². The van der Waals surface area contributed by atoms with Gasteiger partial charge < -0.3 is 10.5 Å². The Morgan fingerprint density at radius 2 is 2.11 bits per heavy atom. The Kier molecular flexibility index (Phi) is 5.36. The topological polar surface area (TPSA) is 48.1 Å². The molecule has 102 valence electrons. The van der Waals surface area contributed by atoms with Crippen molar-refractivity contribution in [2.24, 2.45) is 5.73 Å². The third kappa shape index (κ3) is 4.33. The van der Waals surface area contributed by atoms with Crippen LogP contribution in [-0.4, -0.2) is 11.6 Å². The van der Waals surface area contributed by atoms with Crippen molar-refractivity contribution in [3.05, 3.63) is 46.4 Å². The van der Waals surface area contributed by atoms with Gasteiger partial charge in [-0.05, 0) is 24.1 Å². The molecule has 0 saturated heterocycles. The van der Waals surface area contributed by atoms with Gasteiger partial charge in [0.2, 0.25) is 0 Å². The van der Waals surface area contributed by atoms with Gasteiger partial charge in [-0.2, -0.15) is 0 Å². The fourth-order valence-corrected chi connectivity index (χ4v) is 2.48. The predicted octanol–water partition coefficient (Wildman–Crippen LogP) is 3.56. The van der Waals surface area contributed by atoms with Crippen molar-refractivity contribution in [1.29, 1.82) is 0 Å². The second kappa shape index (κ2) is 7.26. The van der Waals surface area contributed by atoms with E-state index in [0.29, 0.717) is 0 Å². The summed E-state index contributed by atoms with van der Waals surface area (Å²) in [6, 6.07) is 8.11. The summed E-state index contributed by atoms with van der Waals surface area (Å²) in [6.45, 7) is 2.94. The van der Waals surface area contributed by atoms with Crippen LogP contribution in [0.1, 0.15) is 36.2 Å². The monoisotopic (exact) mass is 276 g/mol. The summed E-state index contributed by atoms with van der Waals surface area (Å²) in [5, 5.41) is 0. The van der Waals surface area contributed by atoms with Gasteiger partial charge in [0.15, 0.2) is 0 Å². The molecule has 0 bridgehead atoms. The number of benzene rings is 1. The minimum absolute atomic E-state index is 0.0186. The molecular weight excluding hydrogens is 256 g/mol. The predicted molar refractivity (Wildman–Crippen MR) is 79.6 cm³/mol. The van der Waals surface area contributed by atoms with Crippen molar-refractivity contribution in [3.8, 4) is 5.75 Å². The van der Waals surface area contributed by atoms with E-state index < -0.39 is 0 Å². The molecule has 0 aliphatic rings. The molecular formula is C15H20N2OS. The van der Waals surface area contributed by atoms with Gasteiger partial charge in [-0.3, -0.25) is 4.98 Å². The molecule has 4 heteroatoms. The van der Waals surface area contributed by atoms with Crippen LogP contribution in [0.4, 0.5) is 0 Å². The van der Waals surface area contributed by atoms with Gasteiger partial charge in [0, 0.05) is 23.5 Å². The molecule has 0 amide bonds. The number of thiazole rings is 1. The number of nitrogens with two attached hydrogens (primary N) is 1. The van der Waals surface area contributed by atoms with Crippen LogP contribution in [0.15, 0.2) is 36.0 Å². The van der Waals surface area contributed by atoms with E-state index >= 15 is 0 Å². The van der Waals surface area contributed by atoms with Crippen LogP contribution in [0.2, 0.25) is 0 Å². The molecule has 0 spiro atoms. The van der Waals surface area contributed by atoms with Crippen LogP contribution in [0.25, 0.3) is 0 Å². The zero-order valence-electron chi connectivity index (χ0n) is 11.2. The van der Waals surface area contributed by atoms with Crippen LogP contribution in [0, 0.1) is 0 Å². The van der Waals surface area contributed by atoms with Crippen molar-refractivity contribution in [2.75, 3.05) is 6.61 Å². The zero-order chi connectivity index (χ0) is 13.5. The molecule has 3 nitrogen and oxygen atoms in total. The second-order valence-electron chi connectivity index (χ2n) is 4.55. The number of rotatable bonds is 7. The molecule has 0 aliphatic heterocycles. The van der Waals surface area contributed by atoms with E-state index in [2.05, 4.69) is 11.9 Å². The van der Waals surface area contributed by atoms with Crippen molar-refractivity contribution >= 4 is 11.3 Å². The van der Waals surface area contributed by atoms with E-state index in [1.165, 1.54) is 4.88 Å². The third-order valence-corrected chi connectivity index (χ3v) is 3.78. The van der Waals surface area contributed by atoms with Crippen LogP contribution < -0.4 is 10.5 Å². The highest BCUT2D eigenvalue weighted by Crippen LogP contribution is 2.21. The zero-order valence-corrected chi connectivity index (χ0v) is 12.0. The SMILES string of the molecule is CCCCOc1ccc(C(N)Cc2cncs2)cc1. The van der Waals surface area contributed by atoms with Crippen LogP contribution >= 0.6 is 11.3 Å². The summed E-state index contributed by atoms with van der Waals surface area (Å²) < 4.78 is 5.64. The first-order chi connectivity index (χ1) is 9.29. The first-order valence-electron chi connectivity index (χ1n) is 6.65. The molecule has 1 heterocycles. The smallest absolute Gasteiger partial charge is 0.119 e. The average Bonchev–Trinajstić information content (AvgIpc) is 2.93. The summed E-state index contributed by atoms with van der Waals surface area (Å²) in [7, 11) is 0. The first kappa shape index (κ1) is 14.0. The van der Waals surface area contributed by atoms with Gasteiger partial charge in [-0.25, -0.2) is 0 Å². The molecule has 0 aliphatic carbocycles. The van der Waals surface area contributed by atoms with E-state index in [-0.39, 0.29) is 6.04 Å². The van der Waals surface area contributed by atoms with E-state index in [9.17, 15) is 0 Å². The Labute approximate surface area is 118 Å². The minimum Gasteiger partial charge on any atom is -0.494 e. The van der Waals surface area contributed by atoms with Gasteiger partial charge in [-0.1, -0.05) is 25.5 Å². The summed E-state index contributed by atoms with van der Waals surface area (Å²) in [5.74, 6) is 0.919. The number of aromatic nitrogens is 1. The lowest BCUT2D eigenvalue weighted by atomic mass is 10.0. The number of ether oxygens (including phenoxy) is 1. The van der Waals surface area contributed by atoms with Crippen molar-refractivity contribution in [1.82, 2.24) is 4.98 Å². The minimum atomic E-state index is 0.0186. The molecule has 1 atom stereocenters. The molecule has 0 saturated carbocycles. The molecule has 2 aromatic rings. The van der Waals surface area contributed by atoms with Crippen LogP contribution in [0.3, 0.4) is 0 Å². The van der Waals surface area contributed by atoms with Crippen molar-refractivity contribution in [3.63, 3.8) is 0 Å². The maximum Gasteiger partial charge on any atom is 0.119 e.